The van der Waals surface area contributed by atoms with Gasteiger partial charge in [0.25, 0.3) is 5.91 Å². The third-order valence-corrected chi connectivity index (χ3v) is 4.29. The summed E-state index contributed by atoms with van der Waals surface area (Å²) >= 11 is 5.89. The van der Waals surface area contributed by atoms with Crippen molar-refractivity contribution in [1.29, 1.82) is 0 Å². The molecule has 150 valence electrons. The second-order valence-corrected chi connectivity index (χ2v) is 6.26. The molecule has 3 aromatic rings. The van der Waals surface area contributed by atoms with Crippen molar-refractivity contribution < 1.29 is 23.4 Å². The van der Waals surface area contributed by atoms with Crippen molar-refractivity contribution in [1.82, 2.24) is 5.43 Å². The molecule has 0 spiro atoms. The highest BCUT2D eigenvalue weighted by molar-refractivity contribution is 6.30. The van der Waals surface area contributed by atoms with Crippen LogP contribution in [0.3, 0.4) is 0 Å². The molecule has 1 heterocycles. The van der Waals surface area contributed by atoms with Gasteiger partial charge in [-0.05, 0) is 48.5 Å². The Balaban J connectivity index is 1.71. The Hall–Kier alpha value is -3.45. The van der Waals surface area contributed by atoms with Crippen LogP contribution in [-0.2, 0) is 0 Å². The molecule has 1 N–H and O–H groups in total. The Morgan fingerprint density at radius 3 is 2.24 bits per heavy atom. The lowest BCUT2D eigenvalue weighted by Gasteiger charge is -2.13. The van der Waals surface area contributed by atoms with Gasteiger partial charge in [0.15, 0.2) is 11.5 Å². The van der Waals surface area contributed by atoms with Gasteiger partial charge in [0.1, 0.15) is 11.5 Å². The quantitative estimate of drug-likeness (QED) is 0.458. The molecule has 7 nitrogen and oxygen atoms in total. The maximum Gasteiger partial charge on any atom is 0.271 e. The summed E-state index contributed by atoms with van der Waals surface area (Å²) in [6.45, 7) is 0. The predicted molar refractivity (Wildman–Crippen MR) is 110 cm³/mol. The highest BCUT2D eigenvalue weighted by Gasteiger charge is 2.16. The Morgan fingerprint density at radius 2 is 1.66 bits per heavy atom. The molecule has 2 aromatic carbocycles. The lowest BCUT2D eigenvalue weighted by molar-refractivity contribution is 0.0954. The van der Waals surface area contributed by atoms with Gasteiger partial charge in [-0.25, -0.2) is 5.43 Å². The number of methoxy groups -OCH3 is 3. The first kappa shape index (κ1) is 20.3. The van der Waals surface area contributed by atoms with E-state index in [1.807, 2.05) is 18.2 Å². The van der Waals surface area contributed by atoms with Crippen molar-refractivity contribution in [3.8, 4) is 28.6 Å². The number of rotatable bonds is 7. The first-order valence-corrected chi connectivity index (χ1v) is 8.92. The number of nitrogens with zero attached hydrogens (tertiary/aromatic N) is 1. The number of hydrazone groups is 1. The number of carbonyl (C=O) groups excluding carboxylic acids is 1. The molecule has 3 rings (SSSR count). The topological polar surface area (TPSA) is 82.3 Å². The fourth-order valence-corrected chi connectivity index (χ4v) is 2.75. The van der Waals surface area contributed by atoms with Gasteiger partial charge in [-0.15, -0.1) is 0 Å². The van der Waals surface area contributed by atoms with Gasteiger partial charge in [-0.1, -0.05) is 11.6 Å². The normalized spacial score (nSPS) is 10.8. The molecule has 0 fully saturated rings. The second kappa shape index (κ2) is 9.16. The maximum absolute atomic E-state index is 12.4. The van der Waals surface area contributed by atoms with Crippen LogP contribution in [0, 0.1) is 0 Å². The minimum Gasteiger partial charge on any atom is -0.493 e. The predicted octanol–water partition coefficient (Wildman–Crippen LogP) is 4.39. The number of hydrogen-bond donors (Lipinski definition) is 1. The van der Waals surface area contributed by atoms with Crippen LogP contribution in [0.4, 0.5) is 0 Å². The Labute approximate surface area is 172 Å². The van der Waals surface area contributed by atoms with Crippen molar-refractivity contribution in [3.63, 3.8) is 0 Å². The zero-order valence-corrected chi connectivity index (χ0v) is 16.8. The number of furan rings is 1. The summed E-state index contributed by atoms with van der Waals surface area (Å²) in [5.74, 6) is 1.86. The Morgan fingerprint density at radius 1 is 1.00 bits per heavy atom. The third-order valence-electron chi connectivity index (χ3n) is 4.04. The SMILES string of the molecule is COc1cc(C(=O)NN=Cc2ccc(-c3ccc(Cl)cc3)o2)cc(OC)c1OC. The van der Waals surface area contributed by atoms with Gasteiger partial charge < -0.3 is 18.6 Å². The van der Waals surface area contributed by atoms with E-state index in [2.05, 4.69) is 10.5 Å². The highest BCUT2D eigenvalue weighted by Crippen LogP contribution is 2.38. The molecule has 0 atom stereocenters. The number of nitrogens with one attached hydrogen (secondary N) is 1. The number of halogens is 1. The Kier molecular flexibility index (Phi) is 6.41. The van der Waals surface area contributed by atoms with Crippen LogP contribution in [0.5, 0.6) is 17.2 Å². The van der Waals surface area contributed by atoms with Crippen LogP contribution in [0.25, 0.3) is 11.3 Å². The van der Waals surface area contributed by atoms with Gasteiger partial charge in [-0.3, -0.25) is 4.79 Å². The first-order chi connectivity index (χ1) is 14.0. The molecular weight excluding hydrogens is 396 g/mol. The molecule has 0 aliphatic rings. The maximum atomic E-state index is 12.4. The minimum absolute atomic E-state index is 0.304. The van der Waals surface area contributed by atoms with Gasteiger partial charge in [0, 0.05) is 16.1 Å². The lowest BCUT2D eigenvalue weighted by Crippen LogP contribution is -2.18. The molecule has 0 unspecified atom stereocenters. The zero-order chi connectivity index (χ0) is 20.8. The van der Waals surface area contributed by atoms with E-state index in [1.165, 1.54) is 39.7 Å². The summed E-state index contributed by atoms with van der Waals surface area (Å²) in [4.78, 5) is 12.4. The molecular formula is C21H19ClN2O5. The zero-order valence-electron chi connectivity index (χ0n) is 16.1. The fourth-order valence-electron chi connectivity index (χ4n) is 2.62. The van der Waals surface area contributed by atoms with Crippen LogP contribution < -0.4 is 19.6 Å². The monoisotopic (exact) mass is 414 g/mol. The van der Waals surface area contributed by atoms with Crippen molar-refractivity contribution in [3.05, 3.63) is 64.9 Å². The number of ether oxygens (including phenoxy) is 3. The van der Waals surface area contributed by atoms with E-state index < -0.39 is 5.91 Å². The third kappa shape index (κ3) is 4.70. The number of benzene rings is 2. The Bertz CT molecular complexity index is 1000. The van der Waals surface area contributed by atoms with Gasteiger partial charge >= 0.3 is 0 Å². The van der Waals surface area contributed by atoms with Crippen molar-refractivity contribution in [2.24, 2.45) is 5.10 Å². The van der Waals surface area contributed by atoms with Gasteiger partial charge in [-0.2, -0.15) is 5.10 Å². The largest absolute Gasteiger partial charge is 0.493 e. The van der Waals surface area contributed by atoms with E-state index >= 15 is 0 Å². The van der Waals surface area contributed by atoms with Crippen LogP contribution in [0.15, 0.2) is 58.0 Å². The fraction of sp³-hybridized carbons (Fsp3) is 0.143. The molecule has 0 bridgehead atoms. The summed E-state index contributed by atoms with van der Waals surface area (Å²) in [6, 6.07) is 13.9. The molecule has 0 radical (unpaired) electrons. The van der Waals surface area contributed by atoms with E-state index in [0.717, 1.165) is 5.56 Å². The van der Waals surface area contributed by atoms with Crippen molar-refractivity contribution in [2.75, 3.05) is 21.3 Å². The minimum atomic E-state index is -0.440. The van der Waals surface area contributed by atoms with Crippen LogP contribution >= 0.6 is 11.6 Å². The smallest absolute Gasteiger partial charge is 0.271 e. The van der Waals surface area contributed by atoms with Crippen molar-refractivity contribution >= 4 is 23.7 Å². The summed E-state index contributed by atoms with van der Waals surface area (Å²) in [7, 11) is 4.45. The molecule has 0 saturated heterocycles. The molecule has 29 heavy (non-hydrogen) atoms. The van der Waals surface area contributed by atoms with Crippen LogP contribution in [0.2, 0.25) is 5.02 Å². The van der Waals surface area contributed by atoms with E-state index in [9.17, 15) is 4.79 Å². The highest BCUT2D eigenvalue weighted by atomic mass is 35.5. The standard InChI is InChI=1S/C21H19ClN2O5/c1-26-18-10-14(11-19(27-2)20(18)28-3)21(25)24-23-12-16-8-9-17(29-16)13-4-6-15(22)7-5-13/h4-12H,1-3H3,(H,24,25). The second-order valence-electron chi connectivity index (χ2n) is 5.82. The average molecular weight is 415 g/mol. The van der Waals surface area contributed by atoms with E-state index in [4.69, 9.17) is 30.2 Å². The molecule has 0 saturated carbocycles. The van der Waals surface area contributed by atoms with E-state index in [1.54, 1.807) is 18.2 Å². The van der Waals surface area contributed by atoms with Crippen LogP contribution in [0.1, 0.15) is 16.1 Å². The summed E-state index contributed by atoms with van der Waals surface area (Å²) in [5.41, 5.74) is 3.63. The molecule has 1 amide bonds. The van der Waals surface area contributed by atoms with Crippen molar-refractivity contribution in [2.45, 2.75) is 0 Å². The van der Waals surface area contributed by atoms with Crippen LogP contribution in [-0.4, -0.2) is 33.5 Å². The van der Waals surface area contributed by atoms with Gasteiger partial charge in [0.2, 0.25) is 5.75 Å². The van der Waals surface area contributed by atoms with Gasteiger partial charge in [0.05, 0.1) is 27.5 Å². The molecule has 1 aromatic heterocycles. The number of hydrogen-bond acceptors (Lipinski definition) is 6. The molecule has 0 aliphatic heterocycles. The molecule has 0 aliphatic carbocycles. The molecule has 8 heteroatoms. The first-order valence-electron chi connectivity index (χ1n) is 8.55. The van der Waals surface area contributed by atoms with E-state index in [-0.39, 0.29) is 0 Å². The number of carbonyl (C=O) groups is 1. The average Bonchev–Trinajstić information content (AvgIpc) is 3.21. The number of amides is 1. The summed E-state index contributed by atoms with van der Waals surface area (Å²) in [5, 5.41) is 4.59. The summed E-state index contributed by atoms with van der Waals surface area (Å²) < 4.78 is 21.4. The van der Waals surface area contributed by atoms with E-state index in [0.29, 0.717) is 39.4 Å². The lowest BCUT2D eigenvalue weighted by atomic mass is 10.1. The summed E-state index contributed by atoms with van der Waals surface area (Å²) in [6.07, 6.45) is 1.41.